The molecule has 0 aromatic heterocycles. The summed E-state index contributed by atoms with van der Waals surface area (Å²) in [5, 5.41) is 64.3. The number of methoxy groups -OCH3 is 1. The molecule has 4 aliphatic carbocycles. The van der Waals surface area contributed by atoms with E-state index in [-0.39, 0.29) is 34.7 Å². The van der Waals surface area contributed by atoms with Crippen LogP contribution in [0.4, 0.5) is 0 Å². The maximum atomic E-state index is 12.5. The van der Waals surface area contributed by atoms with Crippen LogP contribution in [0.15, 0.2) is 11.6 Å². The maximum absolute atomic E-state index is 12.5. The molecule has 0 bridgehead atoms. The van der Waals surface area contributed by atoms with Crippen LogP contribution in [0.5, 0.6) is 0 Å². The predicted molar refractivity (Wildman–Crippen MR) is 170 cm³/mol. The smallest absolute Gasteiger partial charge is 0.331 e. The van der Waals surface area contributed by atoms with Crippen LogP contribution in [0.1, 0.15) is 78.6 Å². The van der Waals surface area contributed by atoms with Crippen LogP contribution >= 0.6 is 0 Å². The van der Waals surface area contributed by atoms with Crippen molar-refractivity contribution in [3.05, 3.63) is 11.6 Å². The fraction of sp³-hybridized carbons (Fsp3) is 0.917. The summed E-state index contributed by atoms with van der Waals surface area (Å²) in [4.78, 5) is 11.9. The second-order valence-electron chi connectivity index (χ2n) is 16.5. The molecule has 13 nitrogen and oxygen atoms in total. The molecule has 0 aromatic rings. The van der Waals surface area contributed by atoms with Crippen molar-refractivity contribution in [1.29, 1.82) is 0 Å². The van der Waals surface area contributed by atoms with Gasteiger partial charge < -0.3 is 59.1 Å². The number of aliphatic hydroxyl groups excluding tert-OH is 5. The van der Waals surface area contributed by atoms with Crippen LogP contribution in [0.3, 0.4) is 0 Å². The van der Waals surface area contributed by atoms with E-state index in [2.05, 4.69) is 13.8 Å². The summed E-state index contributed by atoms with van der Waals surface area (Å²) in [6.45, 7) is 6.15. The molecular formula is C36H56O13. The predicted octanol–water partition coefficient (Wildman–Crippen LogP) is 0.934. The summed E-state index contributed by atoms with van der Waals surface area (Å²) in [6, 6.07) is 0. The molecule has 4 saturated carbocycles. The van der Waals surface area contributed by atoms with Crippen molar-refractivity contribution in [3.63, 3.8) is 0 Å². The standard InChI is InChI=1S/C36H56O13/c1-17-30(49-32-28(41)27(40)26(39)24(15-37)48-32)31(44-4)29(42)33(46-17)47-20-7-10-34(2)19(14-20)5-6-23-22(34)8-11-35(3)21(9-12-36(23,35)43)18-13-25(38)45-16-18/h13,17,19-24,26-33,37,39-43H,5-12,14-16H2,1-4H3/t17-,19-,20-,21+,22-,23+,24+,26+,27-,28+,29-,30-,31-,32-,33-,34-,35+,36-/m0/s1. The first-order valence-corrected chi connectivity index (χ1v) is 18.3. The van der Waals surface area contributed by atoms with Crippen LogP contribution in [0, 0.1) is 34.5 Å². The molecule has 18 atom stereocenters. The minimum atomic E-state index is -1.60. The lowest BCUT2D eigenvalue weighted by molar-refractivity contribution is -0.362. The molecule has 3 aliphatic heterocycles. The van der Waals surface area contributed by atoms with Crippen LogP contribution in [-0.2, 0) is 33.2 Å². The Morgan fingerprint density at radius 3 is 2.31 bits per heavy atom. The molecule has 0 spiro atoms. The van der Waals surface area contributed by atoms with Crippen molar-refractivity contribution < 1.29 is 63.9 Å². The quantitative estimate of drug-likeness (QED) is 0.163. The van der Waals surface area contributed by atoms with Gasteiger partial charge in [0.2, 0.25) is 0 Å². The Morgan fingerprint density at radius 1 is 0.857 bits per heavy atom. The molecule has 6 N–H and O–H groups in total. The van der Waals surface area contributed by atoms with Gasteiger partial charge in [0.25, 0.3) is 0 Å². The zero-order chi connectivity index (χ0) is 35.0. The fourth-order valence-electron chi connectivity index (χ4n) is 11.6. The molecule has 0 unspecified atom stereocenters. The first-order valence-electron chi connectivity index (χ1n) is 18.3. The molecule has 2 saturated heterocycles. The molecule has 278 valence electrons. The Balaban J connectivity index is 0.990. The highest BCUT2D eigenvalue weighted by Gasteiger charge is 2.68. The molecule has 7 rings (SSSR count). The highest BCUT2D eigenvalue weighted by Crippen LogP contribution is 2.70. The van der Waals surface area contributed by atoms with Gasteiger partial charge in [-0.1, -0.05) is 13.8 Å². The van der Waals surface area contributed by atoms with Crippen LogP contribution in [0.25, 0.3) is 0 Å². The Hall–Kier alpha value is -1.23. The third kappa shape index (κ3) is 5.74. The van der Waals surface area contributed by atoms with Gasteiger partial charge >= 0.3 is 5.97 Å². The molecule has 13 heteroatoms. The van der Waals surface area contributed by atoms with Crippen molar-refractivity contribution >= 4 is 5.97 Å². The number of cyclic esters (lactones) is 1. The molecule has 0 amide bonds. The van der Waals surface area contributed by atoms with E-state index in [1.807, 2.05) is 0 Å². The summed E-state index contributed by atoms with van der Waals surface area (Å²) < 4.78 is 35.1. The van der Waals surface area contributed by atoms with Crippen molar-refractivity contribution in [2.24, 2.45) is 34.5 Å². The Kier molecular flexibility index (Phi) is 9.82. The van der Waals surface area contributed by atoms with Gasteiger partial charge in [0.1, 0.15) is 49.3 Å². The zero-order valence-corrected chi connectivity index (χ0v) is 29.1. The number of aliphatic hydroxyl groups is 6. The van der Waals surface area contributed by atoms with Gasteiger partial charge in [0.15, 0.2) is 12.6 Å². The average Bonchev–Trinajstić information content (AvgIpc) is 3.62. The van der Waals surface area contributed by atoms with Gasteiger partial charge in [-0.05, 0) is 99.4 Å². The third-order valence-electron chi connectivity index (χ3n) is 14.4. The van der Waals surface area contributed by atoms with Gasteiger partial charge in [0.05, 0.1) is 24.4 Å². The van der Waals surface area contributed by atoms with Crippen molar-refractivity contribution in [1.82, 2.24) is 0 Å². The number of ether oxygens (including phenoxy) is 6. The van der Waals surface area contributed by atoms with Crippen LogP contribution < -0.4 is 0 Å². The minimum absolute atomic E-state index is 0.0579. The van der Waals surface area contributed by atoms with Crippen molar-refractivity contribution in [3.8, 4) is 0 Å². The van der Waals surface area contributed by atoms with Gasteiger partial charge in [-0.2, -0.15) is 0 Å². The first-order chi connectivity index (χ1) is 23.3. The molecule has 0 aromatic carbocycles. The third-order valence-corrected chi connectivity index (χ3v) is 14.4. The molecule has 3 heterocycles. The SMILES string of the molecule is CO[C@H]1[C@H](O)[C@H](O[C@H]2CC[C@@]3(C)[C@@H](CC[C@@H]4[C@@H]3CC[C@]3(C)[C@@H](C5=CC(=O)OC5)CC[C@]43O)C2)O[C@@H](C)[C@@H]1O[C@@H]1O[C@H](CO)[C@@H](O)[C@H](O)[C@H]1O. The Labute approximate surface area is 287 Å². The lowest BCUT2D eigenvalue weighted by Crippen LogP contribution is -2.64. The first kappa shape index (κ1) is 36.1. The summed E-state index contributed by atoms with van der Waals surface area (Å²) >= 11 is 0. The fourth-order valence-corrected chi connectivity index (χ4v) is 11.6. The normalized spacial score (nSPS) is 54.4. The van der Waals surface area contributed by atoms with E-state index in [9.17, 15) is 35.4 Å². The largest absolute Gasteiger partial charge is 0.458 e. The monoisotopic (exact) mass is 696 g/mol. The number of rotatable bonds is 7. The summed E-state index contributed by atoms with van der Waals surface area (Å²) in [6.07, 6.45) is -2.30. The van der Waals surface area contributed by atoms with E-state index >= 15 is 0 Å². The summed E-state index contributed by atoms with van der Waals surface area (Å²) in [5.41, 5.74) is 0.0599. The number of hydrogen-bond donors (Lipinski definition) is 6. The second-order valence-corrected chi connectivity index (χ2v) is 16.5. The highest BCUT2D eigenvalue weighted by atomic mass is 16.7. The molecular weight excluding hydrogens is 640 g/mol. The van der Waals surface area contributed by atoms with E-state index in [4.69, 9.17) is 28.4 Å². The van der Waals surface area contributed by atoms with E-state index in [1.54, 1.807) is 13.0 Å². The van der Waals surface area contributed by atoms with E-state index in [1.165, 1.54) is 7.11 Å². The lowest BCUT2D eigenvalue weighted by Gasteiger charge is -2.64. The summed E-state index contributed by atoms with van der Waals surface area (Å²) in [5.74, 6) is 0.909. The Morgan fingerprint density at radius 2 is 1.61 bits per heavy atom. The van der Waals surface area contributed by atoms with Gasteiger partial charge in [0, 0.05) is 18.6 Å². The number of hydrogen-bond acceptors (Lipinski definition) is 13. The molecule has 0 radical (unpaired) electrons. The number of fused-ring (bicyclic) bond motifs is 5. The van der Waals surface area contributed by atoms with Gasteiger partial charge in [-0.15, -0.1) is 0 Å². The summed E-state index contributed by atoms with van der Waals surface area (Å²) in [7, 11) is 1.44. The van der Waals surface area contributed by atoms with Gasteiger partial charge in [-0.3, -0.25) is 0 Å². The number of carbonyl (C=O) groups is 1. The highest BCUT2D eigenvalue weighted by molar-refractivity contribution is 5.85. The van der Waals surface area contributed by atoms with Crippen molar-refractivity contribution in [2.75, 3.05) is 20.3 Å². The van der Waals surface area contributed by atoms with Crippen molar-refractivity contribution in [2.45, 2.75) is 152 Å². The van der Waals surface area contributed by atoms with E-state index < -0.39 is 73.6 Å². The Bertz CT molecular complexity index is 1260. The van der Waals surface area contributed by atoms with Crippen LogP contribution in [0.2, 0.25) is 0 Å². The lowest BCUT2D eigenvalue weighted by atomic mass is 9.43. The average molecular weight is 697 g/mol. The van der Waals surface area contributed by atoms with E-state index in [0.717, 1.165) is 63.4 Å². The topological polar surface area (TPSA) is 194 Å². The molecule has 49 heavy (non-hydrogen) atoms. The maximum Gasteiger partial charge on any atom is 0.331 e. The molecule has 6 fully saturated rings. The number of esters is 1. The minimum Gasteiger partial charge on any atom is -0.458 e. The second kappa shape index (κ2) is 13.3. The van der Waals surface area contributed by atoms with E-state index in [0.29, 0.717) is 18.4 Å². The zero-order valence-electron chi connectivity index (χ0n) is 29.1. The number of carbonyl (C=O) groups excluding carboxylic acids is 1. The van der Waals surface area contributed by atoms with Crippen LogP contribution in [-0.4, -0.2) is 130 Å². The van der Waals surface area contributed by atoms with Gasteiger partial charge in [-0.25, -0.2) is 4.79 Å². The molecule has 7 aliphatic rings.